The van der Waals surface area contributed by atoms with Gasteiger partial charge in [0.25, 0.3) is 0 Å². The molecule has 0 radical (unpaired) electrons. The van der Waals surface area contributed by atoms with E-state index >= 15 is 0 Å². The van der Waals surface area contributed by atoms with Crippen LogP contribution in [-0.2, 0) is 10.0 Å². The molecule has 0 spiro atoms. The lowest BCUT2D eigenvalue weighted by Crippen LogP contribution is -2.30. The summed E-state index contributed by atoms with van der Waals surface area (Å²) in [5, 5.41) is 8.59. The Hall–Kier alpha value is -0.170. The number of sulfonamides is 1. The molecule has 0 aromatic heterocycles. The maximum absolute atomic E-state index is 11.5. The van der Waals surface area contributed by atoms with Gasteiger partial charge in [-0.15, -0.1) is 0 Å². The number of aliphatic hydroxyl groups excluding tert-OH is 1. The highest BCUT2D eigenvalue weighted by Gasteiger charge is 2.08. The van der Waals surface area contributed by atoms with E-state index in [-0.39, 0.29) is 12.4 Å². The van der Waals surface area contributed by atoms with Gasteiger partial charge in [0, 0.05) is 19.2 Å². The van der Waals surface area contributed by atoms with E-state index in [1.165, 1.54) is 0 Å². The Balaban J connectivity index is 3.59. The average molecular weight is 280 g/mol. The van der Waals surface area contributed by atoms with Crippen molar-refractivity contribution in [2.45, 2.75) is 45.6 Å². The molecule has 0 aliphatic rings. The minimum atomic E-state index is -3.15. The highest BCUT2D eigenvalue weighted by atomic mass is 32.2. The smallest absolute Gasteiger partial charge is 0.211 e. The predicted molar refractivity (Wildman–Crippen MR) is 75.1 cm³/mol. The highest BCUT2D eigenvalue weighted by molar-refractivity contribution is 7.89. The molecule has 2 N–H and O–H groups in total. The van der Waals surface area contributed by atoms with Crippen LogP contribution in [0.4, 0.5) is 0 Å². The van der Waals surface area contributed by atoms with E-state index in [9.17, 15) is 8.42 Å². The van der Waals surface area contributed by atoms with Gasteiger partial charge in [0.15, 0.2) is 0 Å². The van der Waals surface area contributed by atoms with Crippen LogP contribution in [0.15, 0.2) is 0 Å². The predicted octanol–water partition coefficient (Wildman–Crippen LogP) is 0.799. The molecule has 6 heteroatoms. The van der Waals surface area contributed by atoms with Crippen LogP contribution in [0, 0.1) is 0 Å². The number of rotatable bonds is 11. The lowest BCUT2D eigenvalue weighted by Gasteiger charge is -2.20. The normalized spacial score (nSPS) is 12.6. The van der Waals surface area contributed by atoms with Crippen molar-refractivity contribution in [3.8, 4) is 0 Å². The fraction of sp³-hybridized carbons (Fsp3) is 1.00. The van der Waals surface area contributed by atoms with Gasteiger partial charge in [-0.25, -0.2) is 13.1 Å². The Labute approximate surface area is 112 Å². The third-order valence-corrected chi connectivity index (χ3v) is 4.43. The molecule has 0 atom stereocenters. The summed E-state index contributed by atoms with van der Waals surface area (Å²) in [4.78, 5) is 2.25. The van der Waals surface area contributed by atoms with Gasteiger partial charge in [0.1, 0.15) is 0 Å². The monoisotopic (exact) mass is 280 g/mol. The molecule has 0 heterocycles. The van der Waals surface area contributed by atoms with Crippen LogP contribution < -0.4 is 4.72 Å². The molecule has 0 unspecified atom stereocenters. The molecule has 0 amide bonds. The van der Waals surface area contributed by atoms with E-state index in [1.54, 1.807) is 0 Å². The van der Waals surface area contributed by atoms with Crippen LogP contribution in [0.1, 0.15) is 39.5 Å². The van der Waals surface area contributed by atoms with Crippen molar-refractivity contribution in [3.05, 3.63) is 0 Å². The summed E-state index contributed by atoms with van der Waals surface area (Å²) in [6.07, 6.45) is 2.91. The zero-order valence-electron chi connectivity index (χ0n) is 11.9. The first kappa shape index (κ1) is 17.8. The topological polar surface area (TPSA) is 69.6 Å². The van der Waals surface area contributed by atoms with E-state index in [0.29, 0.717) is 25.4 Å². The number of aliphatic hydroxyl groups is 1. The van der Waals surface area contributed by atoms with E-state index in [4.69, 9.17) is 5.11 Å². The van der Waals surface area contributed by atoms with Crippen molar-refractivity contribution in [3.63, 3.8) is 0 Å². The quantitative estimate of drug-likeness (QED) is 0.549. The molecular formula is C12H28N2O3S. The molecule has 0 saturated carbocycles. The van der Waals surface area contributed by atoms with Gasteiger partial charge in [0.05, 0.1) is 5.75 Å². The van der Waals surface area contributed by atoms with Crippen molar-refractivity contribution in [2.75, 3.05) is 32.5 Å². The Morgan fingerprint density at radius 1 is 1.17 bits per heavy atom. The Kier molecular flexibility index (Phi) is 9.63. The summed E-state index contributed by atoms with van der Waals surface area (Å²) < 4.78 is 25.6. The lowest BCUT2D eigenvalue weighted by molar-refractivity contribution is 0.268. The molecule has 0 aliphatic carbocycles. The molecule has 0 rings (SSSR count). The molecule has 110 valence electrons. The maximum Gasteiger partial charge on any atom is 0.211 e. The lowest BCUT2D eigenvalue weighted by atomic mass is 10.2. The summed E-state index contributed by atoms with van der Waals surface area (Å²) in [6, 6.07) is 0.528. The van der Waals surface area contributed by atoms with E-state index < -0.39 is 10.0 Å². The average Bonchev–Trinajstić information content (AvgIpc) is 2.28. The molecule has 0 aliphatic heterocycles. The Morgan fingerprint density at radius 3 is 2.39 bits per heavy atom. The van der Waals surface area contributed by atoms with Crippen molar-refractivity contribution < 1.29 is 13.5 Å². The van der Waals surface area contributed by atoms with Gasteiger partial charge in [-0.3, -0.25) is 0 Å². The van der Waals surface area contributed by atoms with Gasteiger partial charge in [-0.05, 0) is 53.1 Å². The zero-order valence-corrected chi connectivity index (χ0v) is 12.7. The highest BCUT2D eigenvalue weighted by Crippen LogP contribution is 1.98. The van der Waals surface area contributed by atoms with E-state index in [1.807, 2.05) is 0 Å². The van der Waals surface area contributed by atoms with Crippen LogP contribution in [0.3, 0.4) is 0 Å². The molecule has 0 bridgehead atoms. The molecule has 0 aromatic carbocycles. The van der Waals surface area contributed by atoms with Crippen LogP contribution in [0.5, 0.6) is 0 Å². The third kappa shape index (κ3) is 9.82. The van der Waals surface area contributed by atoms with Crippen LogP contribution >= 0.6 is 0 Å². The second-order valence-electron chi connectivity index (χ2n) is 4.93. The second kappa shape index (κ2) is 9.72. The molecule has 0 fully saturated rings. The Bertz CT molecular complexity index is 292. The molecule has 5 nitrogen and oxygen atoms in total. The molecule has 0 aromatic rings. The van der Waals surface area contributed by atoms with E-state index in [0.717, 1.165) is 19.4 Å². The summed E-state index contributed by atoms with van der Waals surface area (Å²) >= 11 is 0. The summed E-state index contributed by atoms with van der Waals surface area (Å²) in [7, 11) is -1.07. The standard InChI is InChI=1S/C12H28N2O3S/c1-12(2)14(3)9-5-4-8-13-18(16,17)11-7-6-10-15/h12-13,15H,4-11H2,1-3H3. The molecular weight excluding hydrogens is 252 g/mol. The number of nitrogens with one attached hydrogen (secondary N) is 1. The van der Waals surface area contributed by atoms with Gasteiger partial charge in [-0.1, -0.05) is 0 Å². The number of unbranched alkanes of at least 4 members (excludes halogenated alkanes) is 2. The van der Waals surface area contributed by atoms with Crippen LogP contribution in [-0.4, -0.2) is 57.0 Å². The van der Waals surface area contributed by atoms with Gasteiger partial charge in [0.2, 0.25) is 10.0 Å². The first-order valence-electron chi connectivity index (χ1n) is 6.67. The number of nitrogens with zero attached hydrogens (tertiary/aromatic N) is 1. The first-order chi connectivity index (χ1) is 8.39. The number of hydrogen-bond acceptors (Lipinski definition) is 4. The van der Waals surface area contributed by atoms with Gasteiger partial charge >= 0.3 is 0 Å². The minimum Gasteiger partial charge on any atom is -0.396 e. The summed E-state index contributed by atoms with van der Waals surface area (Å²) in [5.74, 6) is 0.111. The molecule has 18 heavy (non-hydrogen) atoms. The van der Waals surface area contributed by atoms with Gasteiger partial charge < -0.3 is 10.0 Å². The fourth-order valence-electron chi connectivity index (χ4n) is 1.45. The molecule has 0 saturated heterocycles. The van der Waals surface area contributed by atoms with Crippen LogP contribution in [0.2, 0.25) is 0 Å². The summed E-state index contributed by atoms with van der Waals surface area (Å²) in [6.45, 7) is 5.84. The van der Waals surface area contributed by atoms with E-state index in [2.05, 4.69) is 30.5 Å². The Morgan fingerprint density at radius 2 is 1.83 bits per heavy atom. The zero-order chi connectivity index (χ0) is 14.0. The second-order valence-corrected chi connectivity index (χ2v) is 6.85. The van der Waals surface area contributed by atoms with Crippen molar-refractivity contribution >= 4 is 10.0 Å². The largest absolute Gasteiger partial charge is 0.396 e. The first-order valence-corrected chi connectivity index (χ1v) is 8.32. The SMILES string of the molecule is CC(C)N(C)CCCCNS(=O)(=O)CCCCO. The maximum atomic E-state index is 11.5. The van der Waals surface area contributed by atoms with Gasteiger partial charge in [-0.2, -0.15) is 0 Å². The van der Waals surface area contributed by atoms with Crippen LogP contribution in [0.25, 0.3) is 0 Å². The summed E-state index contributed by atoms with van der Waals surface area (Å²) in [5.41, 5.74) is 0. The number of hydrogen-bond donors (Lipinski definition) is 2. The van der Waals surface area contributed by atoms with Crippen molar-refractivity contribution in [1.29, 1.82) is 0 Å². The van der Waals surface area contributed by atoms with Crippen molar-refractivity contribution in [1.82, 2.24) is 9.62 Å². The third-order valence-electron chi connectivity index (χ3n) is 2.96. The minimum absolute atomic E-state index is 0.0526. The van der Waals surface area contributed by atoms with Crippen molar-refractivity contribution in [2.24, 2.45) is 0 Å². The fourth-order valence-corrected chi connectivity index (χ4v) is 2.63.